The van der Waals surface area contributed by atoms with E-state index in [4.69, 9.17) is 33.2 Å². The molecule has 0 atom stereocenters. The fourth-order valence-corrected chi connectivity index (χ4v) is 1.84. The SMILES string of the molecule is CN(C#N)CCCNC(=O)COc1ccc(Cl)cc1Cl. The number of nitriles is 1. The van der Waals surface area contributed by atoms with Gasteiger partial charge in [0.25, 0.3) is 5.91 Å². The molecule has 1 rings (SSSR count). The third kappa shape index (κ3) is 6.00. The Kier molecular flexibility index (Phi) is 6.99. The topological polar surface area (TPSA) is 65.4 Å². The van der Waals surface area contributed by atoms with E-state index < -0.39 is 0 Å². The first-order valence-corrected chi connectivity index (χ1v) is 6.74. The number of nitrogens with zero attached hydrogens (tertiary/aromatic N) is 2. The standard InChI is InChI=1S/C13H15Cl2N3O2/c1-18(9-16)6-2-5-17-13(19)8-20-12-4-3-10(14)7-11(12)15/h3-4,7H,2,5-6,8H2,1H3,(H,17,19). The minimum Gasteiger partial charge on any atom is -0.482 e. The third-order valence-corrected chi connectivity index (χ3v) is 2.95. The van der Waals surface area contributed by atoms with Crippen molar-refractivity contribution in [3.63, 3.8) is 0 Å². The zero-order valence-electron chi connectivity index (χ0n) is 11.0. The molecule has 1 amide bonds. The van der Waals surface area contributed by atoms with Crippen molar-refractivity contribution < 1.29 is 9.53 Å². The van der Waals surface area contributed by atoms with Gasteiger partial charge in [-0.2, -0.15) is 5.26 Å². The fourth-order valence-electron chi connectivity index (χ4n) is 1.38. The number of halogens is 2. The second kappa shape index (κ2) is 8.51. The van der Waals surface area contributed by atoms with Crippen LogP contribution in [-0.2, 0) is 4.79 Å². The first-order valence-electron chi connectivity index (χ1n) is 5.98. The van der Waals surface area contributed by atoms with Crippen molar-refractivity contribution in [3.8, 4) is 11.9 Å². The minimum absolute atomic E-state index is 0.116. The molecule has 1 aromatic carbocycles. The Bertz CT molecular complexity index is 503. The lowest BCUT2D eigenvalue weighted by atomic mass is 10.3. The fraction of sp³-hybridized carbons (Fsp3) is 0.385. The summed E-state index contributed by atoms with van der Waals surface area (Å²) in [7, 11) is 1.69. The number of benzene rings is 1. The Hall–Kier alpha value is -1.64. The number of amides is 1. The van der Waals surface area contributed by atoms with Crippen LogP contribution in [0.2, 0.25) is 10.0 Å². The van der Waals surface area contributed by atoms with Gasteiger partial charge in [-0.1, -0.05) is 23.2 Å². The van der Waals surface area contributed by atoms with E-state index >= 15 is 0 Å². The molecule has 0 aliphatic rings. The van der Waals surface area contributed by atoms with Gasteiger partial charge in [0.15, 0.2) is 12.8 Å². The lowest BCUT2D eigenvalue weighted by Gasteiger charge is -2.10. The molecule has 7 heteroatoms. The van der Waals surface area contributed by atoms with Gasteiger partial charge < -0.3 is 15.0 Å². The van der Waals surface area contributed by atoms with Gasteiger partial charge in [0.1, 0.15) is 5.75 Å². The average Bonchev–Trinajstić information content (AvgIpc) is 2.42. The van der Waals surface area contributed by atoms with Crippen LogP contribution in [0.1, 0.15) is 6.42 Å². The van der Waals surface area contributed by atoms with Crippen LogP contribution >= 0.6 is 23.2 Å². The Labute approximate surface area is 128 Å². The van der Waals surface area contributed by atoms with E-state index in [1.54, 1.807) is 25.2 Å². The highest BCUT2D eigenvalue weighted by Crippen LogP contribution is 2.27. The molecule has 1 N–H and O–H groups in total. The van der Waals surface area contributed by atoms with Crippen LogP contribution in [0.4, 0.5) is 0 Å². The number of hydrogen-bond acceptors (Lipinski definition) is 4. The minimum atomic E-state index is -0.240. The maximum Gasteiger partial charge on any atom is 0.257 e. The van der Waals surface area contributed by atoms with E-state index in [0.29, 0.717) is 35.3 Å². The van der Waals surface area contributed by atoms with Gasteiger partial charge in [-0.25, -0.2) is 0 Å². The molecule has 5 nitrogen and oxygen atoms in total. The van der Waals surface area contributed by atoms with E-state index in [9.17, 15) is 4.79 Å². The van der Waals surface area contributed by atoms with Crippen molar-refractivity contribution in [1.82, 2.24) is 10.2 Å². The second-order valence-electron chi connectivity index (χ2n) is 4.09. The molecule has 0 fully saturated rings. The average molecular weight is 316 g/mol. The number of rotatable bonds is 7. The van der Waals surface area contributed by atoms with Gasteiger partial charge in [0.2, 0.25) is 0 Å². The molecule has 108 valence electrons. The zero-order chi connectivity index (χ0) is 15.0. The number of carbonyl (C=O) groups is 1. The van der Waals surface area contributed by atoms with Crippen molar-refractivity contribution in [1.29, 1.82) is 5.26 Å². The molecule has 0 heterocycles. The molecule has 0 aliphatic carbocycles. The second-order valence-corrected chi connectivity index (χ2v) is 4.93. The van der Waals surface area contributed by atoms with E-state index in [2.05, 4.69) is 5.32 Å². The van der Waals surface area contributed by atoms with Crippen LogP contribution in [0.15, 0.2) is 18.2 Å². The van der Waals surface area contributed by atoms with E-state index in [1.807, 2.05) is 6.19 Å². The summed E-state index contributed by atoms with van der Waals surface area (Å²) in [5.41, 5.74) is 0. The van der Waals surface area contributed by atoms with E-state index in [0.717, 1.165) is 0 Å². The van der Waals surface area contributed by atoms with Crippen LogP contribution in [0.25, 0.3) is 0 Å². The zero-order valence-corrected chi connectivity index (χ0v) is 12.5. The van der Waals surface area contributed by atoms with Crippen molar-refractivity contribution in [3.05, 3.63) is 28.2 Å². The summed E-state index contributed by atoms with van der Waals surface area (Å²) in [5, 5.41) is 12.1. The highest BCUT2D eigenvalue weighted by molar-refractivity contribution is 6.35. The van der Waals surface area contributed by atoms with E-state index in [-0.39, 0.29) is 12.5 Å². The number of hydrogen-bond donors (Lipinski definition) is 1. The number of carbonyl (C=O) groups excluding carboxylic acids is 1. The van der Waals surface area contributed by atoms with Gasteiger partial charge >= 0.3 is 0 Å². The van der Waals surface area contributed by atoms with Crippen molar-refractivity contribution >= 4 is 29.1 Å². The quantitative estimate of drug-likeness (QED) is 0.476. The molecule has 0 unspecified atom stereocenters. The monoisotopic (exact) mass is 315 g/mol. The van der Waals surface area contributed by atoms with Gasteiger partial charge in [-0.3, -0.25) is 4.79 Å². The summed E-state index contributed by atoms with van der Waals surface area (Å²) in [6, 6.07) is 4.80. The molecule has 20 heavy (non-hydrogen) atoms. The molecule has 0 radical (unpaired) electrons. The molecule has 0 saturated heterocycles. The third-order valence-electron chi connectivity index (χ3n) is 2.42. The molecule has 0 aliphatic heterocycles. The maximum atomic E-state index is 11.5. The summed E-state index contributed by atoms with van der Waals surface area (Å²) in [5.74, 6) is 0.172. The largest absolute Gasteiger partial charge is 0.482 e. The first-order chi connectivity index (χ1) is 9.52. The van der Waals surface area contributed by atoms with Gasteiger partial charge in [-0.15, -0.1) is 0 Å². The van der Waals surface area contributed by atoms with Crippen molar-refractivity contribution in [2.24, 2.45) is 0 Å². The van der Waals surface area contributed by atoms with Crippen molar-refractivity contribution in [2.45, 2.75) is 6.42 Å². The highest BCUT2D eigenvalue weighted by Gasteiger charge is 2.06. The Morgan fingerprint density at radius 1 is 1.50 bits per heavy atom. The summed E-state index contributed by atoms with van der Waals surface area (Å²) < 4.78 is 5.29. The number of nitrogens with one attached hydrogen (secondary N) is 1. The predicted octanol–water partition coefficient (Wildman–Crippen LogP) is 2.29. The molecule has 0 aromatic heterocycles. The van der Waals surface area contributed by atoms with Crippen LogP contribution in [0.5, 0.6) is 5.75 Å². The summed E-state index contributed by atoms with van der Waals surface area (Å²) in [4.78, 5) is 13.0. The Balaban J connectivity index is 2.25. The predicted molar refractivity (Wildman–Crippen MR) is 77.8 cm³/mol. The molecule has 0 saturated carbocycles. The number of ether oxygens (including phenoxy) is 1. The molecule has 1 aromatic rings. The van der Waals surface area contributed by atoms with Crippen LogP contribution < -0.4 is 10.1 Å². The van der Waals surface area contributed by atoms with Crippen LogP contribution in [-0.4, -0.2) is 37.6 Å². The molecule has 0 bridgehead atoms. The van der Waals surface area contributed by atoms with Crippen LogP contribution in [0.3, 0.4) is 0 Å². The molecule has 0 spiro atoms. The highest BCUT2D eigenvalue weighted by atomic mass is 35.5. The van der Waals surface area contributed by atoms with Gasteiger partial charge in [0.05, 0.1) is 5.02 Å². The molecular weight excluding hydrogens is 301 g/mol. The maximum absolute atomic E-state index is 11.5. The smallest absolute Gasteiger partial charge is 0.257 e. The lowest BCUT2D eigenvalue weighted by Crippen LogP contribution is -2.31. The molecular formula is C13H15Cl2N3O2. The lowest BCUT2D eigenvalue weighted by molar-refractivity contribution is -0.123. The Morgan fingerprint density at radius 2 is 2.25 bits per heavy atom. The summed E-state index contributed by atoms with van der Waals surface area (Å²) in [6.07, 6.45) is 2.67. The van der Waals surface area contributed by atoms with Gasteiger partial charge in [0, 0.05) is 25.2 Å². The van der Waals surface area contributed by atoms with E-state index in [1.165, 1.54) is 4.90 Å². The Morgan fingerprint density at radius 3 is 2.90 bits per heavy atom. The summed E-state index contributed by atoms with van der Waals surface area (Å²) in [6.45, 7) is 0.971. The first kappa shape index (κ1) is 16.4. The van der Waals surface area contributed by atoms with Crippen molar-refractivity contribution in [2.75, 3.05) is 26.7 Å². The normalized spacial score (nSPS) is 9.70. The summed E-state index contributed by atoms with van der Waals surface area (Å²) >= 11 is 11.7. The van der Waals surface area contributed by atoms with Gasteiger partial charge in [-0.05, 0) is 24.6 Å². The van der Waals surface area contributed by atoms with Crippen LogP contribution in [0, 0.1) is 11.5 Å².